The van der Waals surface area contributed by atoms with Gasteiger partial charge in [0.15, 0.2) is 0 Å². The molecule has 0 heteroatoms. The molecule has 0 heterocycles. The quantitative estimate of drug-likeness (QED) is 0.167. The summed E-state index contributed by atoms with van der Waals surface area (Å²) in [6.07, 6.45) is 30.6. The van der Waals surface area contributed by atoms with E-state index in [1.807, 2.05) is 0 Å². The lowest BCUT2D eigenvalue weighted by atomic mass is 9.67. The molecule has 7 aliphatic rings. The monoisotopic (exact) mass is 782 g/mol. The van der Waals surface area contributed by atoms with Crippen LogP contribution in [0.4, 0.5) is 0 Å². The fraction of sp³-hybridized carbons (Fsp3) is 0.180. The lowest BCUT2D eigenvalue weighted by Crippen LogP contribution is -2.41. The second kappa shape index (κ2) is 14.3. The number of fused-ring (bicyclic) bond motifs is 6. The predicted octanol–water partition coefficient (Wildman–Crippen LogP) is 11.4. The van der Waals surface area contributed by atoms with Gasteiger partial charge >= 0.3 is 0 Å². The van der Waals surface area contributed by atoms with Gasteiger partial charge in [-0.2, -0.15) is 0 Å². The number of allylic oxidation sites excluding steroid dienone is 16. The van der Waals surface area contributed by atoms with Gasteiger partial charge in [0.25, 0.3) is 0 Å². The molecule has 4 atom stereocenters. The third-order valence-electron chi connectivity index (χ3n) is 15.0. The highest BCUT2D eigenvalue weighted by Gasteiger charge is 2.40. The Labute approximate surface area is 360 Å². The smallest absolute Gasteiger partial charge is 0.0155 e. The van der Waals surface area contributed by atoms with Crippen molar-refractivity contribution in [3.8, 4) is 0 Å². The van der Waals surface area contributed by atoms with E-state index in [1.165, 1.54) is 93.3 Å². The van der Waals surface area contributed by atoms with Gasteiger partial charge in [-0.1, -0.05) is 208 Å². The Morgan fingerprint density at radius 3 is 1.43 bits per heavy atom. The third-order valence-corrected chi connectivity index (χ3v) is 15.0. The van der Waals surface area contributed by atoms with Crippen LogP contribution in [0.1, 0.15) is 67.3 Å². The highest BCUT2D eigenvalue weighted by molar-refractivity contribution is 5.89. The van der Waals surface area contributed by atoms with Gasteiger partial charge in [-0.3, -0.25) is 0 Å². The second-order valence-corrected chi connectivity index (χ2v) is 18.4. The average Bonchev–Trinajstić information content (AvgIpc) is 3.55. The summed E-state index contributed by atoms with van der Waals surface area (Å²) in [7, 11) is 0. The van der Waals surface area contributed by atoms with Crippen LogP contribution in [0.2, 0.25) is 0 Å². The number of hydrogen-bond donors (Lipinski definition) is 0. The average molecular weight is 783 g/mol. The first-order chi connectivity index (χ1) is 30.0. The molecule has 61 heavy (non-hydrogen) atoms. The molecule has 5 aromatic rings. The zero-order valence-corrected chi connectivity index (χ0v) is 35.1. The SMILES string of the molecule is CC1(C)C2=C(CCC(C3=c4ccccc4=C(C4=CC=C(c5ccc(C6=c7ccccc7=C(c7ccccc7)C7C=CC=CC67)cc5)CC4)C4C=CC=CC34)=C2)c2ccccc21. The predicted molar refractivity (Wildman–Crippen MR) is 256 cm³/mol. The molecule has 0 aliphatic heterocycles. The Hall–Kier alpha value is -6.50. The second-order valence-electron chi connectivity index (χ2n) is 18.4. The molecule has 12 rings (SSSR count). The Balaban J connectivity index is 0.928. The molecule has 5 aromatic carbocycles. The largest absolute Gasteiger partial charge is 0.0761 e. The summed E-state index contributed by atoms with van der Waals surface area (Å²) in [5.41, 5.74) is 20.3. The van der Waals surface area contributed by atoms with Crippen LogP contribution in [0.5, 0.6) is 0 Å². The number of benzene rings is 5. The Morgan fingerprint density at radius 1 is 0.393 bits per heavy atom. The number of hydrogen-bond acceptors (Lipinski definition) is 0. The highest BCUT2D eigenvalue weighted by atomic mass is 14.4. The van der Waals surface area contributed by atoms with Gasteiger partial charge in [0.05, 0.1) is 0 Å². The van der Waals surface area contributed by atoms with E-state index in [2.05, 4.69) is 208 Å². The maximum atomic E-state index is 2.60. The fourth-order valence-corrected chi connectivity index (χ4v) is 12.2. The van der Waals surface area contributed by atoms with Gasteiger partial charge in [-0.25, -0.2) is 0 Å². The van der Waals surface area contributed by atoms with Crippen molar-refractivity contribution < 1.29 is 0 Å². The Bertz CT molecular complexity index is 3200. The molecule has 0 fully saturated rings. The van der Waals surface area contributed by atoms with E-state index in [0.29, 0.717) is 17.8 Å². The topological polar surface area (TPSA) is 0 Å². The van der Waals surface area contributed by atoms with E-state index in [1.54, 1.807) is 5.57 Å². The summed E-state index contributed by atoms with van der Waals surface area (Å²) in [4.78, 5) is 0. The molecule has 0 bridgehead atoms. The van der Waals surface area contributed by atoms with Crippen LogP contribution in [0, 0.1) is 23.7 Å². The van der Waals surface area contributed by atoms with Crippen molar-refractivity contribution in [2.75, 3.05) is 0 Å². The normalized spacial score (nSPS) is 23.9. The molecule has 0 saturated heterocycles. The molecule has 4 unspecified atom stereocenters. The van der Waals surface area contributed by atoms with Crippen molar-refractivity contribution in [1.29, 1.82) is 0 Å². The zero-order valence-electron chi connectivity index (χ0n) is 35.1. The summed E-state index contributed by atoms with van der Waals surface area (Å²) < 4.78 is 0. The maximum absolute atomic E-state index is 2.60. The molecule has 0 radical (unpaired) electrons. The lowest BCUT2D eigenvalue weighted by molar-refractivity contribution is 0.646. The van der Waals surface area contributed by atoms with Crippen LogP contribution in [0.15, 0.2) is 211 Å². The molecule has 0 N–H and O–H groups in total. The highest BCUT2D eigenvalue weighted by Crippen LogP contribution is 2.53. The van der Waals surface area contributed by atoms with Crippen molar-refractivity contribution >= 4 is 33.4 Å². The van der Waals surface area contributed by atoms with Crippen molar-refractivity contribution in [2.45, 2.75) is 44.9 Å². The van der Waals surface area contributed by atoms with Gasteiger partial charge < -0.3 is 0 Å². The van der Waals surface area contributed by atoms with Crippen LogP contribution in [0.25, 0.3) is 33.4 Å². The van der Waals surface area contributed by atoms with Crippen LogP contribution in [0.3, 0.4) is 0 Å². The van der Waals surface area contributed by atoms with E-state index in [0.717, 1.165) is 25.7 Å². The molecule has 0 saturated carbocycles. The van der Waals surface area contributed by atoms with Gasteiger partial charge in [-0.05, 0) is 125 Å². The first kappa shape index (κ1) is 36.4. The van der Waals surface area contributed by atoms with Gasteiger partial charge in [0.2, 0.25) is 0 Å². The standard InChI is InChI=1S/C61H50/c1-61(2)55-27-15-14-18-45(55)46-37-36-44(38-56(46)61)60-53-25-12-10-23-51(53)59(52-24-11-13-26-54(52)60)43-34-30-40(31-35-43)39-28-32-42(33-29-39)58-49-21-8-6-19-47(49)57(41-16-4-3-5-17-41)48-20-7-9-22-50(48)58/h3-30,32-34,38,47,49,51,53H,31,35-37H2,1-2H3. The summed E-state index contributed by atoms with van der Waals surface area (Å²) in [5, 5.41) is 5.55. The van der Waals surface area contributed by atoms with E-state index in [4.69, 9.17) is 0 Å². The summed E-state index contributed by atoms with van der Waals surface area (Å²) in [5.74, 6) is 1.24. The van der Waals surface area contributed by atoms with Gasteiger partial charge in [0.1, 0.15) is 0 Å². The van der Waals surface area contributed by atoms with Gasteiger partial charge in [-0.15, -0.1) is 0 Å². The Morgan fingerprint density at radius 2 is 0.836 bits per heavy atom. The zero-order chi connectivity index (χ0) is 40.7. The fourth-order valence-electron chi connectivity index (χ4n) is 12.2. The van der Waals surface area contributed by atoms with Crippen LogP contribution < -0.4 is 20.9 Å². The van der Waals surface area contributed by atoms with Crippen molar-refractivity contribution in [3.05, 3.63) is 260 Å². The first-order valence-electron chi connectivity index (χ1n) is 22.5. The summed E-state index contributed by atoms with van der Waals surface area (Å²) in [6.45, 7) is 4.85. The molecule has 0 nitrogen and oxygen atoms in total. The maximum Gasteiger partial charge on any atom is 0.0155 e. The molecular formula is C61H50. The Kier molecular flexibility index (Phi) is 8.53. The molecule has 0 spiro atoms. The van der Waals surface area contributed by atoms with Crippen molar-refractivity contribution in [1.82, 2.24) is 0 Å². The van der Waals surface area contributed by atoms with Crippen LogP contribution in [-0.2, 0) is 5.41 Å². The van der Waals surface area contributed by atoms with E-state index in [-0.39, 0.29) is 11.3 Å². The molecule has 0 aromatic heterocycles. The summed E-state index contributed by atoms with van der Waals surface area (Å²) >= 11 is 0. The molecule has 7 aliphatic carbocycles. The van der Waals surface area contributed by atoms with Crippen LogP contribution >= 0.6 is 0 Å². The minimum atomic E-state index is 0.0154. The number of rotatable bonds is 5. The van der Waals surface area contributed by atoms with E-state index < -0.39 is 0 Å². The minimum Gasteiger partial charge on any atom is -0.0761 e. The van der Waals surface area contributed by atoms with Crippen molar-refractivity contribution in [2.24, 2.45) is 23.7 Å². The summed E-state index contributed by atoms with van der Waals surface area (Å²) in [6, 6.07) is 48.0. The molecule has 294 valence electrons. The molecule has 0 amide bonds. The van der Waals surface area contributed by atoms with E-state index in [9.17, 15) is 0 Å². The van der Waals surface area contributed by atoms with Crippen LogP contribution in [-0.4, -0.2) is 0 Å². The van der Waals surface area contributed by atoms with E-state index >= 15 is 0 Å². The van der Waals surface area contributed by atoms with Gasteiger partial charge in [0, 0.05) is 29.1 Å². The first-order valence-corrected chi connectivity index (χ1v) is 22.5. The third kappa shape index (κ3) is 5.72. The minimum absolute atomic E-state index is 0.0154. The lowest BCUT2D eigenvalue weighted by Gasteiger charge is -2.36. The molecular weight excluding hydrogens is 733 g/mol. The van der Waals surface area contributed by atoms with Crippen molar-refractivity contribution in [3.63, 3.8) is 0 Å².